The fourth-order valence-corrected chi connectivity index (χ4v) is 2.11. The Morgan fingerprint density at radius 3 is 2.70 bits per heavy atom. The van der Waals surface area contributed by atoms with Gasteiger partial charge in [-0.15, -0.1) is 0 Å². The number of hydrogen-bond acceptors (Lipinski definition) is 4. The van der Waals surface area contributed by atoms with E-state index in [-0.39, 0.29) is 11.4 Å². The van der Waals surface area contributed by atoms with E-state index in [0.717, 1.165) is 5.56 Å². The number of benzene rings is 2. The molecule has 0 aliphatic carbocycles. The molecule has 2 aromatic carbocycles. The number of rotatable bonds is 5. The van der Waals surface area contributed by atoms with Crippen molar-refractivity contribution in [2.75, 3.05) is 5.32 Å². The molecule has 0 heterocycles. The molecule has 0 bridgehead atoms. The van der Waals surface area contributed by atoms with Gasteiger partial charge in [0.15, 0.2) is 6.10 Å². The predicted molar refractivity (Wildman–Crippen MR) is 88.0 cm³/mol. The van der Waals surface area contributed by atoms with Crippen LogP contribution >= 0.6 is 11.6 Å². The number of nitro groups is 1. The Labute approximate surface area is 138 Å². The van der Waals surface area contributed by atoms with Crippen molar-refractivity contribution in [3.8, 4) is 5.75 Å². The zero-order valence-corrected chi connectivity index (χ0v) is 13.3. The second kappa shape index (κ2) is 7.11. The van der Waals surface area contributed by atoms with Crippen molar-refractivity contribution in [2.24, 2.45) is 0 Å². The minimum absolute atomic E-state index is 0.132. The van der Waals surface area contributed by atoms with Gasteiger partial charge in [0.25, 0.3) is 11.6 Å². The molecular formula is C16H15ClN2O4. The van der Waals surface area contributed by atoms with E-state index in [1.54, 1.807) is 44.2 Å². The van der Waals surface area contributed by atoms with Crippen molar-refractivity contribution in [1.29, 1.82) is 0 Å². The molecule has 0 unspecified atom stereocenters. The standard InChI is InChI=1S/C16H15ClN2O4/c1-10-6-7-14(15(8-10)19(21)22)18-16(20)11(2)23-13-5-3-4-12(17)9-13/h3-9,11H,1-2H3,(H,18,20)/t11-/m0/s1. The lowest BCUT2D eigenvalue weighted by atomic mass is 10.2. The van der Waals surface area contributed by atoms with Crippen LogP contribution in [0, 0.1) is 17.0 Å². The minimum Gasteiger partial charge on any atom is -0.481 e. The third kappa shape index (κ3) is 4.43. The maximum absolute atomic E-state index is 12.2. The summed E-state index contributed by atoms with van der Waals surface area (Å²) in [6.45, 7) is 3.29. The van der Waals surface area contributed by atoms with Crippen molar-refractivity contribution in [3.63, 3.8) is 0 Å². The summed E-state index contributed by atoms with van der Waals surface area (Å²) in [5.41, 5.74) is 0.707. The highest BCUT2D eigenvalue weighted by Crippen LogP contribution is 2.26. The lowest BCUT2D eigenvalue weighted by Gasteiger charge is -2.15. The van der Waals surface area contributed by atoms with Crippen LogP contribution in [0.25, 0.3) is 0 Å². The number of carbonyl (C=O) groups is 1. The average Bonchev–Trinajstić information content (AvgIpc) is 2.48. The van der Waals surface area contributed by atoms with E-state index in [2.05, 4.69) is 5.32 Å². The van der Waals surface area contributed by atoms with E-state index in [1.165, 1.54) is 12.1 Å². The molecule has 0 fully saturated rings. The highest BCUT2D eigenvalue weighted by molar-refractivity contribution is 6.30. The smallest absolute Gasteiger partial charge is 0.293 e. The van der Waals surface area contributed by atoms with Crippen LogP contribution in [0.15, 0.2) is 42.5 Å². The summed E-state index contributed by atoms with van der Waals surface area (Å²) >= 11 is 5.85. The number of carbonyl (C=O) groups excluding carboxylic acids is 1. The Balaban J connectivity index is 2.11. The molecule has 1 N–H and O–H groups in total. The zero-order chi connectivity index (χ0) is 17.0. The first-order valence-electron chi connectivity index (χ1n) is 6.85. The first-order valence-corrected chi connectivity index (χ1v) is 7.23. The van der Waals surface area contributed by atoms with E-state index in [9.17, 15) is 14.9 Å². The number of nitro benzene ring substituents is 1. The number of halogens is 1. The molecule has 7 heteroatoms. The monoisotopic (exact) mass is 334 g/mol. The second-order valence-corrected chi connectivity index (χ2v) is 5.42. The van der Waals surface area contributed by atoms with Gasteiger partial charge in [-0.2, -0.15) is 0 Å². The van der Waals surface area contributed by atoms with Crippen LogP contribution in [0.4, 0.5) is 11.4 Å². The topological polar surface area (TPSA) is 81.5 Å². The van der Waals surface area contributed by atoms with Crippen molar-refractivity contribution < 1.29 is 14.5 Å². The second-order valence-electron chi connectivity index (χ2n) is 4.98. The lowest BCUT2D eigenvalue weighted by molar-refractivity contribution is -0.384. The van der Waals surface area contributed by atoms with Crippen molar-refractivity contribution in [3.05, 3.63) is 63.2 Å². The minimum atomic E-state index is -0.839. The Kier molecular flexibility index (Phi) is 5.18. The van der Waals surface area contributed by atoms with Gasteiger partial charge in [-0.05, 0) is 43.7 Å². The van der Waals surface area contributed by atoms with Crippen LogP contribution in [0.2, 0.25) is 5.02 Å². The highest BCUT2D eigenvalue weighted by atomic mass is 35.5. The van der Waals surface area contributed by atoms with Gasteiger partial charge in [-0.1, -0.05) is 23.7 Å². The summed E-state index contributed by atoms with van der Waals surface area (Å²) in [7, 11) is 0. The molecule has 23 heavy (non-hydrogen) atoms. The highest BCUT2D eigenvalue weighted by Gasteiger charge is 2.20. The SMILES string of the molecule is Cc1ccc(NC(=O)[C@H](C)Oc2cccc(Cl)c2)c([N+](=O)[O-])c1. The normalized spacial score (nSPS) is 11.6. The van der Waals surface area contributed by atoms with E-state index in [1.807, 2.05) is 0 Å². The number of ether oxygens (including phenoxy) is 1. The van der Waals surface area contributed by atoms with E-state index in [0.29, 0.717) is 10.8 Å². The molecule has 0 aliphatic rings. The van der Waals surface area contributed by atoms with Gasteiger partial charge in [0.05, 0.1) is 4.92 Å². The Bertz CT molecular complexity index is 749. The molecule has 1 atom stereocenters. The first-order chi connectivity index (χ1) is 10.9. The maximum atomic E-state index is 12.2. The fraction of sp³-hybridized carbons (Fsp3) is 0.188. The number of hydrogen-bond donors (Lipinski definition) is 1. The molecule has 0 saturated carbocycles. The molecule has 6 nitrogen and oxygen atoms in total. The van der Waals surface area contributed by atoms with E-state index < -0.39 is 16.9 Å². The zero-order valence-electron chi connectivity index (χ0n) is 12.6. The van der Waals surface area contributed by atoms with Crippen molar-refractivity contribution >= 4 is 28.9 Å². The van der Waals surface area contributed by atoms with Gasteiger partial charge < -0.3 is 10.1 Å². The van der Waals surface area contributed by atoms with Crippen LogP contribution in [0.5, 0.6) is 5.75 Å². The van der Waals surface area contributed by atoms with Crippen LogP contribution in [0.3, 0.4) is 0 Å². The lowest BCUT2D eigenvalue weighted by Crippen LogP contribution is -2.30. The predicted octanol–water partition coefficient (Wildman–Crippen LogP) is 3.96. The van der Waals surface area contributed by atoms with Crippen molar-refractivity contribution in [2.45, 2.75) is 20.0 Å². The molecular weight excluding hydrogens is 320 g/mol. The average molecular weight is 335 g/mol. The largest absolute Gasteiger partial charge is 0.481 e. The van der Waals surface area contributed by atoms with Gasteiger partial charge in [0.2, 0.25) is 0 Å². The molecule has 0 saturated heterocycles. The number of aryl methyl sites for hydroxylation is 1. The van der Waals surface area contributed by atoms with E-state index in [4.69, 9.17) is 16.3 Å². The van der Waals surface area contributed by atoms with Gasteiger partial charge in [0, 0.05) is 11.1 Å². The van der Waals surface area contributed by atoms with Crippen LogP contribution in [-0.4, -0.2) is 16.9 Å². The first kappa shape index (κ1) is 16.8. The van der Waals surface area contributed by atoms with Gasteiger partial charge >= 0.3 is 0 Å². The summed E-state index contributed by atoms with van der Waals surface area (Å²) in [6.07, 6.45) is -0.839. The molecule has 2 aromatic rings. The molecule has 0 spiro atoms. The number of nitrogens with one attached hydrogen (secondary N) is 1. The van der Waals surface area contributed by atoms with Crippen LogP contribution in [-0.2, 0) is 4.79 Å². The van der Waals surface area contributed by atoms with Gasteiger partial charge in [-0.25, -0.2) is 0 Å². The number of nitrogens with zero attached hydrogens (tertiary/aromatic N) is 1. The fourth-order valence-electron chi connectivity index (χ4n) is 1.93. The quantitative estimate of drug-likeness (QED) is 0.662. The summed E-state index contributed by atoms with van der Waals surface area (Å²) in [5.74, 6) is -0.0458. The number of amides is 1. The van der Waals surface area contributed by atoms with Gasteiger partial charge in [0.1, 0.15) is 11.4 Å². The summed E-state index contributed by atoms with van der Waals surface area (Å²) in [5, 5.41) is 14.1. The molecule has 120 valence electrons. The maximum Gasteiger partial charge on any atom is 0.293 e. The Morgan fingerprint density at radius 2 is 2.04 bits per heavy atom. The van der Waals surface area contributed by atoms with E-state index >= 15 is 0 Å². The molecule has 1 amide bonds. The van der Waals surface area contributed by atoms with Crippen molar-refractivity contribution in [1.82, 2.24) is 0 Å². The van der Waals surface area contributed by atoms with Crippen LogP contribution in [0.1, 0.15) is 12.5 Å². The third-order valence-corrected chi connectivity index (χ3v) is 3.32. The van der Waals surface area contributed by atoms with Crippen LogP contribution < -0.4 is 10.1 Å². The summed E-state index contributed by atoms with van der Waals surface area (Å²) < 4.78 is 5.49. The Morgan fingerprint density at radius 1 is 1.30 bits per heavy atom. The number of anilines is 1. The summed E-state index contributed by atoms with van der Waals surface area (Å²) in [6, 6.07) is 11.2. The Hall–Kier alpha value is -2.60. The van der Waals surface area contributed by atoms with Gasteiger partial charge in [-0.3, -0.25) is 14.9 Å². The molecule has 2 rings (SSSR count). The summed E-state index contributed by atoms with van der Waals surface area (Å²) in [4.78, 5) is 22.7. The third-order valence-electron chi connectivity index (χ3n) is 3.09. The molecule has 0 radical (unpaired) electrons. The molecule has 0 aliphatic heterocycles. The molecule has 0 aromatic heterocycles.